The first-order valence-corrected chi connectivity index (χ1v) is 7.13. The van der Waals surface area contributed by atoms with E-state index in [9.17, 15) is 5.11 Å². The Morgan fingerprint density at radius 2 is 1.90 bits per heavy atom. The second-order valence-electron chi connectivity index (χ2n) is 5.40. The first-order valence-electron chi connectivity index (χ1n) is 6.76. The highest BCUT2D eigenvalue weighted by atomic mass is 35.5. The zero-order valence-electron chi connectivity index (χ0n) is 11.6. The van der Waals surface area contributed by atoms with E-state index in [1.54, 1.807) is 12.1 Å². The molecule has 3 rings (SSSR count). The Bertz CT molecular complexity index is 651. The Morgan fingerprint density at radius 3 is 2.70 bits per heavy atom. The van der Waals surface area contributed by atoms with Crippen LogP contribution in [0.1, 0.15) is 40.9 Å². The Kier molecular flexibility index (Phi) is 3.45. The minimum Gasteiger partial charge on any atom is -0.485 e. The van der Waals surface area contributed by atoms with E-state index in [4.69, 9.17) is 16.3 Å². The number of hydrogen-bond donors (Lipinski definition) is 1. The van der Waals surface area contributed by atoms with Crippen LogP contribution in [-0.4, -0.2) is 5.11 Å². The number of halogens is 1. The van der Waals surface area contributed by atoms with E-state index in [0.717, 1.165) is 16.9 Å². The lowest BCUT2D eigenvalue weighted by molar-refractivity contribution is 0.0654. The van der Waals surface area contributed by atoms with Gasteiger partial charge in [-0.15, -0.1) is 0 Å². The summed E-state index contributed by atoms with van der Waals surface area (Å²) in [5.74, 6) is 0.721. The summed E-state index contributed by atoms with van der Waals surface area (Å²) in [6, 6.07) is 11.7. The Morgan fingerprint density at radius 1 is 1.10 bits per heavy atom. The van der Waals surface area contributed by atoms with Gasteiger partial charge < -0.3 is 9.84 Å². The van der Waals surface area contributed by atoms with Crippen LogP contribution < -0.4 is 4.74 Å². The minimum atomic E-state index is -0.539. The molecule has 2 aromatic carbocycles. The zero-order valence-corrected chi connectivity index (χ0v) is 12.3. The van der Waals surface area contributed by atoms with Crippen molar-refractivity contribution in [2.75, 3.05) is 0 Å². The van der Waals surface area contributed by atoms with Crippen molar-refractivity contribution in [2.24, 2.45) is 0 Å². The molecule has 1 N–H and O–H groups in total. The van der Waals surface area contributed by atoms with Crippen molar-refractivity contribution < 1.29 is 9.84 Å². The molecule has 0 bridgehead atoms. The monoisotopic (exact) mass is 288 g/mol. The number of hydrogen-bond acceptors (Lipinski definition) is 2. The molecule has 104 valence electrons. The zero-order chi connectivity index (χ0) is 14.3. The van der Waals surface area contributed by atoms with Crippen molar-refractivity contribution in [1.82, 2.24) is 0 Å². The summed E-state index contributed by atoms with van der Waals surface area (Å²) < 4.78 is 6.06. The quantitative estimate of drug-likeness (QED) is 0.836. The number of aliphatic hydroxyl groups excluding tert-OH is 1. The molecule has 0 saturated carbocycles. The van der Waals surface area contributed by atoms with E-state index in [0.29, 0.717) is 11.4 Å². The predicted molar refractivity (Wildman–Crippen MR) is 80.3 cm³/mol. The average molecular weight is 289 g/mol. The molecule has 0 spiro atoms. The second-order valence-corrected chi connectivity index (χ2v) is 5.84. The molecular weight excluding hydrogens is 272 g/mol. The number of aliphatic hydroxyl groups is 1. The van der Waals surface area contributed by atoms with Crippen LogP contribution >= 0.6 is 11.6 Å². The first kappa shape index (κ1) is 13.5. The van der Waals surface area contributed by atoms with E-state index < -0.39 is 6.10 Å². The van der Waals surface area contributed by atoms with Gasteiger partial charge in [0.15, 0.2) is 0 Å². The average Bonchev–Trinajstić information content (AvgIpc) is 2.42. The van der Waals surface area contributed by atoms with Crippen molar-refractivity contribution in [3.63, 3.8) is 0 Å². The van der Waals surface area contributed by atoms with E-state index in [1.807, 2.05) is 6.07 Å². The van der Waals surface area contributed by atoms with E-state index in [1.165, 1.54) is 11.1 Å². The number of ether oxygens (including phenoxy) is 1. The van der Waals surface area contributed by atoms with Gasteiger partial charge in [-0.2, -0.15) is 0 Å². The van der Waals surface area contributed by atoms with Gasteiger partial charge in [-0.3, -0.25) is 0 Å². The maximum atomic E-state index is 10.3. The Labute approximate surface area is 124 Å². The summed E-state index contributed by atoms with van der Waals surface area (Å²) in [5.41, 5.74) is 4.31. The summed E-state index contributed by atoms with van der Waals surface area (Å²) in [6.07, 6.45) is -0.0987. The van der Waals surface area contributed by atoms with E-state index in [-0.39, 0.29) is 6.10 Å². The lowest BCUT2D eigenvalue weighted by Crippen LogP contribution is -2.19. The van der Waals surface area contributed by atoms with Crippen LogP contribution in [0.25, 0.3) is 0 Å². The molecule has 2 nitrogen and oxygen atoms in total. The van der Waals surface area contributed by atoms with Gasteiger partial charge in [-0.25, -0.2) is 0 Å². The van der Waals surface area contributed by atoms with Crippen LogP contribution in [0.3, 0.4) is 0 Å². The highest BCUT2D eigenvalue weighted by Gasteiger charge is 2.29. The fraction of sp³-hybridized carbons (Fsp3) is 0.294. The van der Waals surface area contributed by atoms with E-state index >= 15 is 0 Å². The summed E-state index contributed by atoms with van der Waals surface area (Å²) >= 11 is 5.97. The molecule has 0 aliphatic carbocycles. The number of rotatable bonds is 1. The molecule has 0 fully saturated rings. The van der Waals surface area contributed by atoms with Gasteiger partial charge in [-0.1, -0.05) is 35.4 Å². The third kappa shape index (κ3) is 2.41. The summed E-state index contributed by atoms with van der Waals surface area (Å²) in [6.45, 7) is 4.14. The standard InChI is InChI=1S/C17H17ClO2/c1-10-3-4-11(2)13(7-10)17-9-15(19)14-8-12(18)5-6-16(14)20-17/h3-8,15,17,19H,9H2,1-2H3/t15-,17?/m1/s1. The largest absolute Gasteiger partial charge is 0.485 e. The molecule has 1 heterocycles. The maximum absolute atomic E-state index is 10.3. The van der Waals surface area contributed by atoms with Gasteiger partial charge in [0, 0.05) is 17.0 Å². The number of fused-ring (bicyclic) bond motifs is 1. The van der Waals surface area contributed by atoms with Gasteiger partial charge in [-0.05, 0) is 43.2 Å². The normalized spacial score (nSPS) is 21.2. The Hall–Kier alpha value is -1.51. The minimum absolute atomic E-state index is 0.112. The molecule has 1 aliphatic heterocycles. The molecule has 1 unspecified atom stereocenters. The van der Waals surface area contributed by atoms with Crippen molar-refractivity contribution in [3.05, 3.63) is 63.7 Å². The van der Waals surface area contributed by atoms with Crippen molar-refractivity contribution in [3.8, 4) is 5.75 Å². The van der Waals surface area contributed by atoms with Gasteiger partial charge >= 0.3 is 0 Å². The molecule has 0 aromatic heterocycles. The fourth-order valence-electron chi connectivity index (χ4n) is 2.72. The number of benzene rings is 2. The van der Waals surface area contributed by atoms with Gasteiger partial charge in [0.2, 0.25) is 0 Å². The highest BCUT2D eigenvalue weighted by molar-refractivity contribution is 6.30. The third-order valence-electron chi connectivity index (χ3n) is 3.82. The summed E-state index contributed by atoms with van der Waals surface area (Å²) in [5, 5.41) is 11.0. The van der Waals surface area contributed by atoms with Gasteiger partial charge in [0.05, 0.1) is 6.10 Å². The fourth-order valence-corrected chi connectivity index (χ4v) is 2.90. The molecule has 2 aromatic rings. The van der Waals surface area contributed by atoms with Crippen LogP contribution in [0, 0.1) is 13.8 Å². The lowest BCUT2D eigenvalue weighted by Gasteiger charge is -2.31. The molecule has 3 heteroatoms. The Balaban J connectivity index is 1.99. The molecule has 0 amide bonds. The first-order chi connectivity index (χ1) is 9.54. The van der Waals surface area contributed by atoms with Crippen LogP contribution in [-0.2, 0) is 0 Å². The molecule has 0 saturated heterocycles. The third-order valence-corrected chi connectivity index (χ3v) is 4.05. The lowest BCUT2D eigenvalue weighted by atomic mass is 9.92. The maximum Gasteiger partial charge on any atom is 0.127 e. The molecule has 0 radical (unpaired) electrons. The van der Waals surface area contributed by atoms with Crippen molar-refractivity contribution >= 4 is 11.6 Å². The van der Waals surface area contributed by atoms with Crippen LogP contribution in [0.4, 0.5) is 0 Å². The smallest absolute Gasteiger partial charge is 0.127 e. The van der Waals surface area contributed by atoms with Crippen LogP contribution in [0.2, 0.25) is 5.02 Å². The topological polar surface area (TPSA) is 29.5 Å². The summed E-state index contributed by atoms with van der Waals surface area (Å²) in [4.78, 5) is 0. The molecule has 1 aliphatic rings. The van der Waals surface area contributed by atoms with E-state index in [2.05, 4.69) is 32.0 Å². The molecule has 2 atom stereocenters. The predicted octanol–water partition coefficient (Wildman–Crippen LogP) is 4.51. The van der Waals surface area contributed by atoms with Crippen molar-refractivity contribution in [2.45, 2.75) is 32.5 Å². The van der Waals surface area contributed by atoms with Crippen LogP contribution in [0.15, 0.2) is 36.4 Å². The van der Waals surface area contributed by atoms with Crippen molar-refractivity contribution in [1.29, 1.82) is 0 Å². The molecular formula is C17H17ClO2. The number of aryl methyl sites for hydroxylation is 2. The SMILES string of the molecule is Cc1ccc(C)c(C2C[C@@H](O)c3cc(Cl)ccc3O2)c1. The second kappa shape index (κ2) is 5.12. The van der Waals surface area contributed by atoms with Crippen LogP contribution in [0.5, 0.6) is 5.75 Å². The highest BCUT2D eigenvalue weighted by Crippen LogP contribution is 2.42. The van der Waals surface area contributed by atoms with Gasteiger partial charge in [0.1, 0.15) is 11.9 Å². The van der Waals surface area contributed by atoms with Gasteiger partial charge in [0.25, 0.3) is 0 Å². The summed E-state index contributed by atoms with van der Waals surface area (Å²) in [7, 11) is 0. The molecule has 20 heavy (non-hydrogen) atoms.